The van der Waals surface area contributed by atoms with E-state index in [9.17, 15) is 13.6 Å². The average Bonchev–Trinajstić information content (AvgIpc) is 2.81. The third-order valence-corrected chi connectivity index (χ3v) is 5.19. The van der Waals surface area contributed by atoms with Crippen LogP contribution in [-0.4, -0.2) is 26.0 Å². The van der Waals surface area contributed by atoms with Crippen molar-refractivity contribution in [2.75, 3.05) is 19.1 Å². The van der Waals surface area contributed by atoms with Crippen molar-refractivity contribution < 1.29 is 27.8 Å². The zero-order chi connectivity index (χ0) is 22.0. The fraction of sp³-hybridized carbons (Fsp3) is 0.208. The van der Waals surface area contributed by atoms with E-state index in [0.717, 1.165) is 10.5 Å². The number of anilines is 1. The lowest BCUT2D eigenvalue weighted by Gasteiger charge is -2.46. The molecular weight excluding hydrogens is 404 g/mol. The smallest absolute Gasteiger partial charge is 0.349 e. The van der Waals surface area contributed by atoms with Gasteiger partial charge in [-0.1, -0.05) is 36.4 Å². The highest BCUT2D eigenvalue weighted by Crippen LogP contribution is 2.50. The maximum atomic E-state index is 14.5. The third kappa shape index (κ3) is 3.79. The number of rotatable bonds is 7. The van der Waals surface area contributed by atoms with Gasteiger partial charge >= 0.3 is 11.8 Å². The lowest BCUT2D eigenvalue weighted by atomic mass is 9.88. The van der Waals surface area contributed by atoms with Gasteiger partial charge in [-0.3, -0.25) is 9.69 Å². The van der Waals surface area contributed by atoms with Gasteiger partial charge in [0.25, 0.3) is 0 Å². The van der Waals surface area contributed by atoms with Gasteiger partial charge in [0.2, 0.25) is 0 Å². The molecular formula is C24H21F2NO4. The van der Waals surface area contributed by atoms with Crippen LogP contribution in [-0.2, 0) is 11.4 Å². The molecule has 160 valence electrons. The van der Waals surface area contributed by atoms with E-state index in [2.05, 4.69) is 0 Å². The van der Waals surface area contributed by atoms with E-state index in [1.807, 2.05) is 30.3 Å². The Morgan fingerprint density at radius 2 is 1.58 bits per heavy atom. The number of nitrogens with zero attached hydrogens (tertiary/aromatic N) is 1. The van der Waals surface area contributed by atoms with Crippen LogP contribution in [0.25, 0.3) is 0 Å². The Kier molecular flexibility index (Phi) is 5.50. The number of methoxy groups -OCH3 is 2. The van der Waals surface area contributed by atoms with Crippen LogP contribution in [0.1, 0.15) is 17.2 Å². The second kappa shape index (κ2) is 8.26. The van der Waals surface area contributed by atoms with E-state index in [4.69, 9.17) is 14.2 Å². The summed E-state index contributed by atoms with van der Waals surface area (Å²) in [6, 6.07) is 19.3. The Hall–Kier alpha value is -3.61. The quantitative estimate of drug-likeness (QED) is 0.500. The van der Waals surface area contributed by atoms with Gasteiger partial charge in [0.05, 0.1) is 14.2 Å². The molecule has 31 heavy (non-hydrogen) atoms. The Bertz CT molecular complexity index is 1070. The molecule has 0 bridgehead atoms. The van der Waals surface area contributed by atoms with Gasteiger partial charge < -0.3 is 14.2 Å². The van der Waals surface area contributed by atoms with Crippen LogP contribution in [0.5, 0.6) is 17.2 Å². The van der Waals surface area contributed by atoms with E-state index in [1.165, 1.54) is 26.4 Å². The van der Waals surface area contributed by atoms with Gasteiger partial charge in [-0.25, -0.2) is 0 Å². The summed E-state index contributed by atoms with van der Waals surface area (Å²) in [5.41, 5.74) is 1.63. The van der Waals surface area contributed by atoms with Crippen LogP contribution in [0.2, 0.25) is 0 Å². The highest BCUT2D eigenvalue weighted by Gasteiger charge is 2.64. The molecule has 0 radical (unpaired) electrons. The normalized spacial score (nSPS) is 17.1. The number of amides is 1. The van der Waals surface area contributed by atoms with Gasteiger partial charge in [-0.2, -0.15) is 8.78 Å². The van der Waals surface area contributed by atoms with Crippen molar-refractivity contribution in [3.8, 4) is 17.2 Å². The van der Waals surface area contributed by atoms with E-state index in [0.29, 0.717) is 29.5 Å². The number of benzene rings is 3. The van der Waals surface area contributed by atoms with Crippen molar-refractivity contribution >= 4 is 11.6 Å². The molecule has 1 aliphatic rings. The molecule has 7 heteroatoms. The standard InChI is InChI=1S/C24H21F2NO4/c1-29-20-13-8-17(14-21(20)30-2)22-24(25,26)23(28)27(22)18-9-11-19(12-10-18)31-15-16-6-4-3-5-7-16/h3-14,22H,15H2,1-2H3. The summed E-state index contributed by atoms with van der Waals surface area (Å²) in [6.45, 7) is 0.384. The SMILES string of the molecule is COc1ccc(C2N(c3ccc(OCc4ccccc4)cc3)C(=O)C2(F)F)cc1OC. The topological polar surface area (TPSA) is 48.0 Å². The van der Waals surface area contributed by atoms with Crippen LogP contribution >= 0.6 is 0 Å². The maximum Gasteiger partial charge on any atom is 0.349 e. The molecule has 0 saturated carbocycles. The van der Waals surface area contributed by atoms with Crippen molar-refractivity contribution in [3.05, 3.63) is 83.9 Å². The Balaban J connectivity index is 1.55. The molecule has 1 amide bonds. The van der Waals surface area contributed by atoms with Crippen molar-refractivity contribution in [3.63, 3.8) is 0 Å². The van der Waals surface area contributed by atoms with Crippen molar-refractivity contribution in [1.82, 2.24) is 0 Å². The van der Waals surface area contributed by atoms with Gasteiger partial charge in [-0.05, 0) is 47.5 Å². The minimum Gasteiger partial charge on any atom is -0.493 e. The number of hydrogen-bond acceptors (Lipinski definition) is 4. The first-order chi connectivity index (χ1) is 15.0. The predicted molar refractivity (Wildman–Crippen MR) is 112 cm³/mol. The van der Waals surface area contributed by atoms with Crippen LogP contribution < -0.4 is 19.1 Å². The molecule has 3 aromatic carbocycles. The Morgan fingerprint density at radius 3 is 2.23 bits per heavy atom. The molecule has 1 aliphatic heterocycles. The van der Waals surface area contributed by atoms with Crippen molar-refractivity contribution in [2.45, 2.75) is 18.6 Å². The zero-order valence-corrected chi connectivity index (χ0v) is 17.0. The first-order valence-corrected chi connectivity index (χ1v) is 9.66. The van der Waals surface area contributed by atoms with Gasteiger partial charge in [0, 0.05) is 5.69 Å². The summed E-state index contributed by atoms with van der Waals surface area (Å²) < 4.78 is 45.2. The van der Waals surface area contributed by atoms with Gasteiger partial charge in [0.1, 0.15) is 18.4 Å². The summed E-state index contributed by atoms with van der Waals surface area (Å²) in [4.78, 5) is 13.3. The maximum absolute atomic E-state index is 14.5. The van der Waals surface area contributed by atoms with E-state index >= 15 is 0 Å². The monoisotopic (exact) mass is 425 g/mol. The number of alkyl halides is 2. The number of ether oxygens (including phenoxy) is 3. The fourth-order valence-corrected chi connectivity index (χ4v) is 3.58. The molecule has 5 nitrogen and oxygen atoms in total. The second-order valence-corrected chi connectivity index (χ2v) is 7.08. The van der Waals surface area contributed by atoms with Crippen LogP contribution in [0, 0.1) is 0 Å². The molecule has 1 fully saturated rings. The predicted octanol–water partition coefficient (Wildman–Crippen LogP) is 5.01. The second-order valence-electron chi connectivity index (χ2n) is 7.08. The Morgan fingerprint density at radius 1 is 0.903 bits per heavy atom. The largest absolute Gasteiger partial charge is 0.493 e. The number of carbonyl (C=O) groups excluding carboxylic acids is 1. The number of hydrogen-bond donors (Lipinski definition) is 0. The van der Waals surface area contributed by atoms with E-state index in [-0.39, 0.29) is 5.56 Å². The molecule has 3 aromatic rings. The van der Waals surface area contributed by atoms with Crippen molar-refractivity contribution in [1.29, 1.82) is 0 Å². The van der Waals surface area contributed by atoms with Crippen LogP contribution in [0.15, 0.2) is 72.8 Å². The van der Waals surface area contributed by atoms with Crippen LogP contribution in [0.3, 0.4) is 0 Å². The summed E-state index contributed by atoms with van der Waals surface area (Å²) in [6.07, 6.45) is 0. The first kappa shape index (κ1) is 20.7. The molecule has 0 spiro atoms. The lowest BCUT2D eigenvalue weighted by molar-refractivity contribution is -0.162. The minimum atomic E-state index is -3.51. The molecule has 1 unspecified atom stereocenters. The average molecular weight is 425 g/mol. The molecule has 0 aliphatic carbocycles. The molecule has 4 rings (SSSR count). The minimum absolute atomic E-state index is 0.256. The fourth-order valence-electron chi connectivity index (χ4n) is 3.58. The highest BCUT2D eigenvalue weighted by atomic mass is 19.3. The van der Waals surface area contributed by atoms with E-state index < -0.39 is 17.9 Å². The Labute approximate surface area is 178 Å². The molecule has 0 N–H and O–H groups in total. The lowest BCUT2D eigenvalue weighted by Crippen LogP contribution is -2.64. The molecule has 0 aromatic heterocycles. The van der Waals surface area contributed by atoms with Gasteiger partial charge in [0.15, 0.2) is 11.5 Å². The highest BCUT2D eigenvalue weighted by molar-refractivity contribution is 6.07. The van der Waals surface area contributed by atoms with Crippen molar-refractivity contribution in [2.24, 2.45) is 0 Å². The number of β-lactam (4-membered cyclic amide) rings is 1. The van der Waals surface area contributed by atoms with E-state index in [1.54, 1.807) is 30.3 Å². The summed E-state index contributed by atoms with van der Waals surface area (Å²) in [5.74, 6) is -3.44. The first-order valence-electron chi connectivity index (χ1n) is 9.66. The third-order valence-electron chi connectivity index (χ3n) is 5.19. The summed E-state index contributed by atoms with van der Waals surface area (Å²) in [5, 5.41) is 0. The van der Waals surface area contributed by atoms with Gasteiger partial charge in [-0.15, -0.1) is 0 Å². The summed E-state index contributed by atoms with van der Waals surface area (Å²) in [7, 11) is 2.89. The number of carbonyl (C=O) groups is 1. The number of halogens is 2. The zero-order valence-electron chi connectivity index (χ0n) is 17.0. The molecule has 1 heterocycles. The summed E-state index contributed by atoms with van der Waals surface area (Å²) >= 11 is 0. The molecule has 1 saturated heterocycles. The molecule has 1 atom stereocenters. The van der Waals surface area contributed by atoms with Crippen LogP contribution in [0.4, 0.5) is 14.5 Å².